The summed E-state index contributed by atoms with van der Waals surface area (Å²) in [5.41, 5.74) is 2.96. The summed E-state index contributed by atoms with van der Waals surface area (Å²) in [6.45, 7) is 5.76. The molecule has 23 heavy (non-hydrogen) atoms. The van der Waals surface area contributed by atoms with E-state index in [1.54, 1.807) is 25.3 Å². The SMILES string of the molecule is CCc1ccc([C@@H](C)NS(=O)(=O)c2ccc(OC)c(C)c2)cc1. The van der Waals surface area contributed by atoms with Crippen LogP contribution in [-0.2, 0) is 16.4 Å². The molecular formula is C18H23NO3S. The second kappa shape index (κ2) is 7.15. The molecule has 1 N–H and O–H groups in total. The Hall–Kier alpha value is -1.85. The number of benzene rings is 2. The average Bonchev–Trinajstić information content (AvgIpc) is 2.54. The fraction of sp³-hybridized carbons (Fsp3) is 0.333. The smallest absolute Gasteiger partial charge is 0.241 e. The van der Waals surface area contributed by atoms with Crippen LogP contribution in [0.3, 0.4) is 0 Å². The Bertz CT molecular complexity index is 767. The van der Waals surface area contributed by atoms with Crippen LogP contribution in [0.5, 0.6) is 5.75 Å². The molecule has 0 aliphatic carbocycles. The largest absolute Gasteiger partial charge is 0.496 e. The van der Waals surface area contributed by atoms with Gasteiger partial charge < -0.3 is 4.74 Å². The van der Waals surface area contributed by atoms with Crippen LogP contribution in [0.1, 0.15) is 36.6 Å². The zero-order valence-electron chi connectivity index (χ0n) is 14.0. The van der Waals surface area contributed by atoms with Crippen LogP contribution >= 0.6 is 0 Å². The molecule has 2 aromatic rings. The lowest BCUT2D eigenvalue weighted by Crippen LogP contribution is -2.27. The van der Waals surface area contributed by atoms with Crippen LogP contribution in [0.2, 0.25) is 0 Å². The highest BCUT2D eigenvalue weighted by Crippen LogP contribution is 2.23. The molecule has 1 atom stereocenters. The zero-order chi connectivity index (χ0) is 17.0. The monoisotopic (exact) mass is 333 g/mol. The number of hydrogen-bond acceptors (Lipinski definition) is 3. The highest BCUT2D eigenvalue weighted by atomic mass is 32.2. The molecule has 0 aromatic heterocycles. The van der Waals surface area contributed by atoms with Gasteiger partial charge in [0.2, 0.25) is 10.0 Å². The van der Waals surface area contributed by atoms with Crippen molar-refractivity contribution in [3.05, 3.63) is 59.2 Å². The third-order valence-corrected chi connectivity index (χ3v) is 5.43. The molecule has 5 heteroatoms. The first-order valence-corrected chi connectivity index (χ1v) is 9.11. The summed E-state index contributed by atoms with van der Waals surface area (Å²) in [4.78, 5) is 0.243. The molecule has 0 amide bonds. The normalized spacial score (nSPS) is 12.9. The van der Waals surface area contributed by atoms with Gasteiger partial charge in [0.1, 0.15) is 5.75 Å². The van der Waals surface area contributed by atoms with E-state index < -0.39 is 10.0 Å². The summed E-state index contributed by atoms with van der Waals surface area (Å²) >= 11 is 0. The second-order valence-electron chi connectivity index (χ2n) is 5.57. The summed E-state index contributed by atoms with van der Waals surface area (Å²) in [6.07, 6.45) is 0.964. The summed E-state index contributed by atoms with van der Waals surface area (Å²) in [5, 5.41) is 0. The number of rotatable bonds is 6. The molecule has 2 rings (SSSR count). The van der Waals surface area contributed by atoms with E-state index in [2.05, 4.69) is 11.6 Å². The van der Waals surface area contributed by atoms with Crippen molar-refractivity contribution in [3.63, 3.8) is 0 Å². The van der Waals surface area contributed by atoms with Gasteiger partial charge in [-0.25, -0.2) is 13.1 Å². The summed E-state index contributed by atoms with van der Waals surface area (Å²) in [6, 6.07) is 12.5. The lowest BCUT2D eigenvalue weighted by atomic mass is 10.1. The van der Waals surface area contributed by atoms with Crippen molar-refractivity contribution in [3.8, 4) is 5.75 Å². The van der Waals surface area contributed by atoms with E-state index >= 15 is 0 Å². The van der Waals surface area contributed by atoms with Crippen molar-refractivity contribution in [2.45, 2.75) is 38.1 Å². The van der Waals surface area contributed by atoms with Gasteiger partial charge in [0, 0.05) is 6.04 Å². The quantitative estimate of drug-likeness (QED) is 0.878. The number of nitrogens with one attached hydrogen (secondary N) is 1. The molecule has 0 spiro atoms. The number of ether oxygens (including phenoxy) is 1. The summed E-state index contributed by atoms with van der Waals surface area (Å²) in [5.74, 6) is 0.673. The van der Waals surface area contributed by atoms with Crippen LogP contribution in [0.4, 0.5) is 0 Å². The van der Waals surface area contributed by atoms with Gasteiger partial charge in [-0.05, 0) is 55.2 Å². The highest BCUT2D eigenvalue weighted by Gasteiger charge is 2.19. The molecule has 0 aliphatic heterocycles. The van der Waals surface area contributed by atoms with E-state index in [1.807, 2.05) is 38.1 Å². The minimum Gasteiger partial charge on any atom is -0.496 e. The minimum atomic E-state index is -3.58. The molecule has 0 radical (unpaired) electrons. The Kier molecular flexibility index (Phi) is 5.44. The van der Waals surface area contributed by atoms with Crippen LogP contribution in [0.15, 0.2) is 47.4 Å². The highest BCUT2D eigenvalue weighted by molar-refractivity contribution is 7.89. The van der Waals surface area contributed by atoms with Gasteiger partial charge in [0.25, 0.3) is 0 Å². The Morgan fingerprint density at radius 1 is 1.13 bits per heavy atom. The van der Waals surface area contributed by atoms with Crippen molar-refractivity contribution < 1.29 is 13.2 Å². The first-order chi connectivity index (χ1) is 10.9. The zero-order valence-corrected chi connectivity index (χ0v) is 14.8. The average molecular weight is 333 g/mol. The molecule has 0 bridgehead atoms. The van der Waals surface area contributed by atoms with Crippen molar-refractivity contribution in [1.82, 2.24) is 4.72 Å². The first-order valence-electron chi connectivity index (χ1n) is 7.63. The second-order valence-corrected chi connectivity index (χ2v) is 7.28. The summed E-state index contributed by atoms with van der Waals surface area (Å²) < 4.78 is 33.0. The molecule has 0 unspecified atom stereocenters. The number of aryl methyl sites for hydroxylation is 2. The minimum absolute atomic E-state index is 0.243. The van der Waals surface area contributed by atoms with E-state index in [4.69, 9.17) is 4.74 Å². The van der Waals surface area contributed by atoms with Gasteiger partial charge in [0.15, 0.2) is 0 Å². The van der Waals surface area contributed by atoms with Gasteiger partial charge in [-0.2, -0.15) is 0 Å². The van der Waals surface area contributed by atoms with E-state index in [-0.39, 0.29) is 10.9 Å². The number of hydrogen-bond donors (Lipinski definition) is 1. The standard InChI is InChI=1S/C18H23NO3S/c1-5-15-6-8-16(9-7-15)14(3)19-23(20,21)17-10-11-18(22-4)13(2)12-17/h6-12,14,19H,5H2,1-4H3/t14-/m1/s1. The predicted octanol–water partition coefficient (Wildman–Crippen LogP) is 3.61. The van der Waals surface area contributed by atoms with Crippen LogP contribution < -0.4 is 9.46 Å². The van der Waals surface area contributed by atoms with Gasteiger partial charge in [0.05, 0.1) is 12.0 Å². The van der Waals surface area contributed by atoms with Gasteiger partial charge in [-0.3, -0.25) is 0 Å². The van der Waals surface area contributed by atoms with E-state index in [1.165, 1.54) is 5.56 Å². The molecule has 0 aliphatic rings. The van der Waals surface area contributed by atoms with Crippen molar-refractivity contribution in [2.24, 2.45) is 0 Å². The Morgan fingerprint density at radius 3 is 2.30 bits per heavy atom. The lowest BCUT2D eigenvalue weighted by Gasteiger charge is -2.16. The molecule has 0 saturated carbocycles. The van der Waals surface area contributed by atoms with Gasteiger partial charge >= 0.3 is 0 Å². The molecule has 0 heterocycles. The lowest BCUT2D eigenvalue weighted by molar-refractivity contribution is 0.411. The molecule has 124 valence electrons. The van der Waals surface area contributed by atoms with E-state index in [0.29, 0.717) is 5.75 Å². The third-order valence-electron chi connectivity index (χ3n) is 3.90. The van der Waals surface area contributed by atoms with Gasteiger partial charge in [-0.1, -0.05) is 31.2 Å². The fourth-order valence-electron chi connectivity index (χ4n) is 2.43. The summed E-state index contributed by atoms with van der Waals surface area (Å²) in [7, 11) is -2.01. The topological polar surface area (TPSA) is 55.4 Å². The molecule has 4 nitrogen and oxygen atoms in total. The Morgan fingerprint density at radius 2 is 1.78 bits per heavy atom. The Labute approximate surface area is 138 Å². The van der Waals surface area contributed by atoms with E-state index in [0.717, 1.165) is 17.5 Å². The molecule has 0 fully saturated rings. The van der Waals surface area contributed by atoms with Crippen LogP contribution in [-0.4, -0.2) is 15.5 Å². The van der Waals surface area contributed by atoms with Gasteiger partial charge in [-0.15, -0.1) is 0 Å². The van der Waals surface area contributed by atoms with Crippen molar-refractivity contribution in [2.75, 3.05) is 7.11 Å². The van der Waals surface area contributed by atoms with Crippen molar-refractivity contribution >= 4 is 10.0 Å². The number of methoxy groups -OCH3 is 1. The van der Waals surface area contributed by atoms with Crippen LogP contribution in [0, 0.1) is 6.92 Å². The first kappa shape index (κ1) is 17.5. The Balaban J connectivity index is 2.21. The maximum Gasteiger partial charge on any atom is 0.241 e. The maximum absolute atomic E-state index is 12.5. The maximum atomic E-state index is 12.5. The molecule has 0 saturated heterocycles. The fourth-order valence-corrected chi connectivity index (χ4v) is 3.75. The van der Waals surface area contributed by atoms with E-state index in [9.17, 15) is 8.42 Å². The molecular weight excluding hydrogens is 310 g/mol. The van der Waals surface area contributed by atoms with Crippen LogP contribution in [0.25, 0.3) is 0 Å². The number of sulfonamides is 1. The predicted molar refractivity (Wildman–Crippen MR) is 92.3 cm³/mol. The van der Waals surface area contributed by atoms with Crippen molar-refractivity contribution in [1.29, 1.82) is 0 Å². The third kappa shape index (κ3) is 4.12. The molecule has 2 aromatic carbocycles.